The van der Waals surface area contributed by atoms with E-state index >= 15 is 0 Å². The Bertz CT molecular complexity index is 1820. The van der Waals surface area contributed by atoms with Crippen LogP contribution in [0.4, 0.5) is 0 Å². The Morgan fingerprint density at radius 2 is 1.77 bits per heavy atom. The third kappa shape index (κ3) is 5.15. The minimum atomic E-state index is -3.98. The van der Waals surface area contributed by atoms with E-state index in [1.54, 1.807) is 13.0 Å². The number of nitrogens with zero attached hydrogens (tertiary/aromatic N) is 4. The summed E-state index contributed by atoms with van der Waals surface area (Å²) in [4.78, 5) is 39.1. The molecule has 258 valence electrons. The van der Waals surface area contributed by atoms with Gasteiger partial charge in [-0.1, -0.05) is 31.2 Å². The number of fused-ring (bicyclic) bond motifs is 4. The lowest BCUT2D eigenvalue weighted by Crippen LogP contribution is -2.76. The average molecular weight is 683 g/mol. The Balaban J connectivity index is 1.10. The number of carbonyl (C=O) groups excluding carboxylic acids is 2. The molecule has 2 bridgehead atoms. The summed E-state index contributed by atoms with van der Waals surface area (Å²) < 4.78 is 31.5. The Hall–Kier alpha value is -3.40. The van der Waals surface area contributed by atoms with Gasteiger partial charge in [0.15, 0.2) is 6.54 Å². The second-order valence-electron chi connectivity index (χ2n) is 14.6. The van der Waals surface area contributed by atoms with Crippen LogP contribution in [0.15, 0.2) is 46.5 Å². The third-order valence-corrected chi connectivity index (χ3v) is 13.8. The van der Waals surface area contributed by atoms with Crippen molar-refractivity contribution < 1.29 is 42.0 Å². The summed E-state index contributed by atoms with van der Waals surface area (Å²) >= 11 is 0. The summed E-state index contributed by atoms with van der Waals surface area (Å²) in [5, 5.41) is 24.9. The highest BCUT2D eigenvalue weighted by atomic mass is 32.2. The molecule has 0 unspecified atom stereocenters. The lowest BCUT2D eigenvalue weighted by Gasteiger charge is -2.55. The quantitative estimate of drug-likeness (QED) is 0.187. The number of benzene rings is 2. The molecule has 4 saturated heterocycles. The molecule has 4 atom stereocenters. The van der Waals surface area contributed by atoms with E-state index in [1.165, 1.54) is 16.1 Å². The molecule has 2 aromatic rings. The minimum Gasteiger partial charge on any atom is -0.477 e. The maximum atomic E-state index is 14.2. The summed E-state index contributed by atoms with van der Waals surface area (Å²) in [6, 6.07) is 8.99. The van der Waals surface area contributed by atoms with E-state index in [9.17, 15) is 33.0 Å². The van der Waals surface area contributed by atoms with Gasteiger partial charge in [0.25, 0.3) is 5.91 Å². The van der Waals surface area contributed by atoms with Crippen molar-refractivity contribution >= 4 is 38.6 Å². The number of hydrogen-bond donors (Lipinski definition) is 4. The molecule has 0 aliphatic carbocycles. The van der Waals surface area contributed by atoms with Crippen molar-refractivity contribution in [2.45, 2.75) is 43.9 Å². The van der Waals surface area contributed by atoms with Crippen molar-refractivity contribution in [3.63, 3.8) is 0 Å². The standard InChI is InChI=1S/C34H44N6O7S/c1-21-26(32(34(44)45)38-31(21)29(22(2)41)33(38)43)19-37-18-24-4-3-5-25-23(6-7-27(30(24)25)48(37,46)47)8-11-39-12-15-40(16-13-39,17-14-39)20-28(42)36-10-9-35/h3-7,21-22,29,31,41H,8-20,35H2,1-2H3/p+2/t21-,22+,29+,31+,39?,40?/m0/s1. The molecule has 14 heteroatoms. The van der Waals surface area contributed by atoms with Crippen molar-refractivity contribution in [3.8, 4) is 0 Å². The zero-order chi connectivity index (χ0) is 34.2. The fraction of sp³-hybridized carbons (Fsp3) is 0.559. The highest BCUT2D eigenvalue weighted by Crippen LogP contribution is 2.48. The number of carboxylic acids is 1. The first-order chi connectivity index (χ1) is 22.8. The SMILES string of the molecule is C[C@@H](O)[C@H]1C(=O)N2C(C(=O)O)=C(CN3Cc4cccc5c(CC[N+]67CC[N+](CC(=O)NCCN)(CC6)CC7)ccc(c45)S3(=O)=O)[C@H](C)[C@H]12. The van der Waals surface area contributed by atoms with Crippen LogP contribution in [0.25, 0.3) is 10.8 Å². The first-order valence-corrected chi connectivity index (χ1v) is 18.4. The molecule has 8 rings (SSSR count). The lowest BCUT2D eigenvalue weighted by atomic mass is 9.78. The molecule has 5 N–H and O–H groups in total. The van der Waals surface area contributed by atoms with Gasteiger partial charge in [0.1, 0.15) is 45.0 Å². The van der Waals surface area contributed by atoms with Crippen molar-refractivity contribution in [1.29, 1.82) is 0 Å². The largest absolute Gasteiger partial charge is 0.477 e. The number of piperazine rings is 3. The predicted octanol–water partition coefficient (Wildman–Crippen LogP) is -0.181. The fourth-order valence-electron chi connectivity index (χ4n) is 9.12. The predicted molar refractivity (Wildman–Crippen MR) is 176 cm³/mol. The number of quaternary nitrogens is 2. The van der Waals surface area contributed by atoms with Gasteiger partial charge in [-0.05, 0) is 35.1 Å². The van der Waals surface area contributed by atoms with Gasteiger partial charge in [0, 0.05) is 43.9 Å². The van der Waals surface area contributed by atoms with Gasteiger partial charge in [-0.15, -0.1) is 0 Å². The van der Waals surface area contributed by atoms with Gasteiger partial charge in [-0.2, -0.15) is 4.31 Å². The van der Waals surface area contributed by atoms with Crippen LogP contribution in [0.5, 0.6) is 0 Å². The van der Waals surface area contributed by atoms with E-state index in [1.807, 2.05) is 24.3 Å². The summed E-state index contributed by atoms with van der Waals surface area (Å²) in [5.74, 6) is -2.78. The van der Waals surface area contributed by atoms with Gasteiger partial charge < -0.3 is 35.1 Å². The molecule has 2 amide bonds. The van der Waals surface area contributed by atoms with Gasteiger partial charge in [-0.3, -0.25) is 9.59 Å². The van der Waals surface area contributed by atoms with Gasteiger partial charge in [0.2, 0.25) is 15.9 Å². The van der Waals surface area contributed by atoms with Crippen LogP contribution in [-0.4, -0.2) is 139 Å². The summed E-state index contributed by atoms with van der Waals surface area (Å²) in [5.41, 5.74) is 7.73. The molecular weight excluding hydrogens is 636 g/mol. The van der Waals surface area contributed by atoms with Crippen molar-refractivity contribution in [2.24, 2.45) is 17.6 Å². The number of aliphatic carboxylic acids is 1. The smallest absolute Gasteiger partial charge is 0.352 e. The van der Waals surface area contributed by atoms with Crippen LogP contribution >= 0.6 is 0 Å². The topological polar surface area (TPSA) is 170 Å². The minimum absolute atomic E-state index is 0.0708. The summed E-state index contributed by atoms with van der Waals surface area (Å²) in [7, 11) is -3.98. The van der Waals surface area contributed by atoms with Crippen molar-refractivity contribution in [1.82, 2.24) is 14.5 Å². The normalized spacial score (nSPS) is 31.1. The number of carboxylic acid groups (broad SMARTS) is 1. The van der Waals surface area contributed by atoms with E-state index < -0.39 is 45.9 Å². The second-order valence-corrected chi connectivity index (χ2v) is 16.5. The maximum absolute atomic E-state index is 14.2. The first-order valence-electron chi connectivity index (χ1n) is 17.0. The summed E-state index contributed by atoms with van der Waals surface area (Å²) in [6.07, 6.45) is -0.126. The number of aliphatic hydroxyl groups excluding tert-OH is 1. The average Bonchev–Trinajstić information content (AvgIpc) is 3.30. The molecule has 6 aliphatic rings. The van der Waals surface area contributed by atoms with E-state index in [-0.39, 0.29) is 29.6 Å². The molecule has 0 saturated carbocycles. The number of nitrogens with one attached hydrogen (secondary N) is 1. The first kappa shape index (κ1) is 33.1. The van der Waals surface area contributed by atoms with Crippen LogP contribution < -0.4 is 11.1 Å². The molecule has 0 radical (unpaired) electrons. The van der Waals surface area contributed by atoms with E-state index in [0.717, 1.165) is 83.1 Å². The highest BCUT2D eigenvalue weighted by Gasteiger charge is 2.60. The monoisotopic (exact) mass is 682 g/mol. The Morgan fingerprint density at radius 3 is 2.42 bits per heavy atom. The zero-order valence-corrected chi connectivity index (χ0v) is 28.4. The Labute approximate surface area is 280 Å². The third-order valence-electron chi connectivity index (χ3n) is 12.0. The van der Waals surface area contributed by atoms with Crippen LogP contribution in [0.1, 0.15) is 25.0 Å². The zero-order valence-electron chi connectivity index (χ0n) is 27.6. The number of aliphatic hydroxyl groups is 1. The molecule has 6 aliphatic heterocycles. The number of carbonyl (C=O) groups is 3. The van der Waals surface area contributed by atoms with Gasteiger partial charge >= 0.3 is 5.97 Å². The fourth-order valence-corrected chi connectivity index (χ4v) is 10.8. The summed E-state index contributed by atoms with van der Waals surface area (Å²) in [6.45, 7) is 11.6. The number of hydrogen-bond acceptors (Lipinski definition) is 7. The van der Waals surface area contributed by atoms with Crippen molar-refractivity contribution in [3.05, 3.63) is 52.7 Å². The van der Waals surface area contributed by atoms with E-state index in [2.05, 4.69) is 5.32 Å². The van der Waals surface area contributed by atoms with Gasteiger partial charge in [-0.25, -0.2) is 13.2 Å². The lowest BCUT2D eigenvalue weighted by molar-refractivity contribution is -1.08. The van der Waals surface area contributed by atoms with Crippen LogP contribution in [-0.2, 0) is 37.4 Å². The van der Waals surface area contributed by atoms with Crippen LogP contribution in [0.2, 0.25) is 0 Å². The number of sulfonamides is 1. The number of nitrogens with two attached hydrogens (primary N) is 1. The van der Waals surface area contributed by atoms with E-state index in [4.69, 9.17) is 5.73 Å². The highest BCUT2D eigenvalue weighted by molar-refractivity contribution is 7.89. The van der Waals surface area contributed by atoms with Crippen LogP contribution in [0, 0.1) is 11.8 Å². The molecule has 2 aromatic carbocycles. The van der Waals surface area contributed by atoms with Gasteiger partial charge in [0.05, 0.1) is 29.5 Å². The molecule has 0 spiro atoms. The Kier molecular flexibility index (Phi) is 8.20. The van der Waals surface area contributed by atoms with E-state index in [0.29, 0.717) is 25.2 Å². The maximum Gasteiger partial charge on any atom is 0.352 e. The number of β-lactam (4-membered cyclic amide) rings is 1. The molecule has 4 fully saturated rings. The molecule has 0 aromatic heterocycles. The Morgan fingerprint density at radius 1 is 1.08 bits per heavy atom. The molecular formula is C34H46N6O7S+2. The van der Waals surface area contributed by atoms with Crippen LogP contribution in [0.3, 0.4) is 0 Å². The number of rotatable bonds is 11. The molecule has 6 heterocycles. The molecule has 13 nitrogen and oxygen atoms in total. The second kappa shape index (κ2) is 11.9. The van der Waals surface area contributed by atoms with Crippen molar-refractivity contribution in [2.75, 3.05) is 72.0 Å². The molecule has 48 heavy (non-hydrogen) atoms. The number of amides is 2.